The average Bonchev–Trinajstić information content (AvgIpc) is 3.60. The Bertz CT molecular complexity index is 1750. The molecule has 4 aromatic rings. The molecule has 0 aliphatic heterocycles. The van der Waals surface area contributed by atoms with Gasteiger partial charge in [-0.1, -0.05) is 71.2 Å². The van der Waals surface area contributed by atoms with Gasteiger partial charge < -0.3 is 15.0 Å². The van der Waals surface area contributed by atoms with Crippen LogP contribution in [-0.4, -0.2) is 50.9 Å². The number of carbonyl (C=O) groups excluding carboxylic acids is 2. The molecule has 0 radical (unpaired) electrons. The number of carbonyl (C=O) groups is 2. The van der Waals surface area contributed by atoms with Crippen molar-refractivity contribution in [3.63, 3.8) is 0 Å². The Morgan fingerprint density at radius 3 is 2.15 bits per heavy atom. The number of nitrogens with zero attached hydrogens (tertiary/aromatic N) is 2. The fraction of sp³-hybridized carbons (Fsp3) is 0.278. The van der Waals surface area contributed by atoms with Crippen molar-refractivity contribution in [2.75, 3.05) is 18.0 Å². The SMILES string of the molecule is COc1ccc(S(=O)(=O)N(CC(=O)N(Cc2ccc(Br)cc2)[C@H](Cc2ccccc2)C(=O)NC2CCCC2)c2ccc(F)cc2)cc1. The summed E-state index contributed by atoms with van der Waals surface area (Å²) in [6, 6.07) is 26.6. The van der Waals surface area contributed by atoms with E-state index in [9.17, 15) is 22.4 Å². The zero-order valence-electron chi connectivity index (χ0n) is 26.0. The summed E-state index contributed by atoms with van der Waals surface area (Å²) in [5.74, 6) is -0.967. The lowest BCUT2D eigenvalue weighted by molar-refractivity contribution is -0.140. The Kier molecular flexibility index (Phi) is 11.3. The van der Waals surface area contributed by atoms with E-state index in [2.05, 4.69) is 21.2 Å². The maximum atomic E-state index is 14.6. The lowest BCUT2D eigenvalue weighted by atomic mass is 10.0. The predicted octanol–water partition coefficient (Wildman–Crippen LogP) is 6.49. The van der Waals surface area contributed by atoms with E-state index in [0.717, 1.165) is 57.7 Å². The van der Waals surface area contributed by atoms with Gasteiger partial charge >= 0.3 is 0 Å². The van der Waals surface area contributed by atoms with Crippen molar-refractivity contribution in [1.29, 1.82) is 0 Å². The van der Waals surface area contributed by atoms with Crippen LogP contribution in [0.5, 0.6) is 5.75 Å². The van der Waals surface area contributed by atoms with E-state index in [1.165, 1.54) is 48.4 Å². The standard InChI is InChI=1S/C36H37BrFN3O5S/c1-46-32-19-21-33(22-20-32)47(44,45)41(31-17-15-29(38)16-18-31)25-35(42)40(24-27-11-13-28(37)14-12-27)34(23-26-7-3-2-4-8-26)36(43)39-30-9-5-6-10-30/h2-4,7-8,11-22,30,34H,5-6,9-10,23-25H2,1H3,(H,39,43)/t34-/m1/s1. The van der Waals surface area contributed by atoms with Gasteiger partial charge in [-0.3, -0.25) is 13.9 Å². The number of hydrogen-bond acceptors (Lipinski definition) is 5. The smallest absolute Gasteiger partial charge is 0.264 e. The van der Waals surface area contributed by atoms with Crippen molar-refractivity contribution in [2.24, 2.45) is 0 Å². The molecule has 0 aromatic heterocycles. The van der Waals surface area contributed by atoms with E-state index < -0.39 is 34.3 Å². The van der Waals surface area contributed by atoms with Crippen molar-refractivity contribution >= 4 is 43.5 Å². The summed E-state index contributed by atoms with van der Waals surface area (Å²) in [5, 5.41) is 3.16. The molecule has 47 heavy (non-hydrogen) atoms. The van der Waals surface area contributed by atoms with Gasteiger partial charge in [0.25, 0.3) is 10.0 Å². The van der Waals surface area contributed by atoms with Crippen molar-refractivity contribution in [2.45, 2.75) is 55.6 Å². The lowest BCUT2D eigenvalue weighted by Crippen LogP contribution is -2.54. The van der Waals surface area contributed by atoms with E-state index in [-0.39, 0.29) is 35.5 Å². The van der Waals surface area contributed by atoms with Gasteiger partial charge in [-0.25, -0.2) is 12.8 Å². The van der Waals surface area contributed by atoms with Gasteiger partial charge in [-0.05, 0) is 84.6 Å². The highest BCUT2D eigenvalue weighted by Gasteiger charge is 2.35. The van der Waals surface area contributed by atoms with Crippen LogP contribution in [0.1, 0.15) is 36.8 Å². The number of anilines is 1. The topological polar surface area (TPSA) is 96.0 Å². The molecule has 0 saturated heterocycles. The van der Waals surface area contributed by atoms with Crippen LogP contribution >= 0.6 is 15.9 Å². The third-order valence-electron chi connectivity index (χ3n) is 8.28. The lowest BCUT2D eigenvalue weighted by Gasteiger charge is -2.34. The molecule has 1 aliphatic carbocycles. The normalized spacial score (nSPS) is 13.9. The number of halogens is 2. The molecule has 4 aromatic carbocycles. The molecule has 1 aliphatic rings. The maximum absolute atomic E-state index is 14.6. The summed E-state index contributed by atoms with van der Waals surface area (Å²) in [6.45, 7) is -0.569. The molecular weight excluding hydrogens is 685 g/mol. The number of methoxy groups -OCH3 is 1. The van der Waals surface area contributed by atoms with Gasteiger partial charge in [0.15, 0.2) is 0 Å². The molecule has 0 bridgehead atoms. The largest absolute Gasteiger partial charge is 0.497 e. The molecule has 246 valence electrons. The first-order valence-electron chi connectivity index (χ1n) is 15.4. The number of ether oxygens (including phenoxy) is 1. The van der Waals surface area contributed by atoms with Crippen molar-refractivity contribution in [1.82, 2.24) is 10.2 Å². The van der Waals surface area contributed by atoms with Gasteiger partial charge in [0, 0.05) is 23.5 Å². The zero-order chi connectivity index (χ0) is 33.4. The van der Waals surface area contributed by atoms with Crippen LogP contribution in [0.3, 0.4) is 0 Å². The Hall–Kier alpha value is -4.22. The Labute approximate surface area is 283 Å². The first-order chi connectivity index (χ1) is 22.6. The minimum atomic E-state index is -4.32. The van der Waals surface area contributed by atoms with Crippen molar-refractivity contribution in [3.05, 3.63) is 125 Å². The summed E-state index contributed by atoms with van der Waals surface area (Å²) >= 11 is 3.45. The number of amides is 2. The van der Waals surface area contributed by atoms with E-state index in [0.29, 0.717) is 5.75 Å². The molecule has 1 saturated carbocycles. The molecule has 1 atom stereocenters. The first-order valence-corrected chi connectivity index (χ1v) is 17.7. The highest BCUT2D eigenvalue weighted by Crippen LogP contribution is 2.27. The third kappa shape index (κ3) is 8.78. The minimum absolute atomic E-state index is 0.0107. The second-order valence-corrected chi connectivity index (χ2v) is 14.3. The second-order valence-electron chi connectivity index (χ2n) is 11.5. The van der Waals surface area contributed by atoms with Crippen LogP contribution in [0.2, 0.25) is 0 Å². The molecular formula is C36H37BrFN3O5S. The second kappa shape index (κ2) is 15.6. The zero-order valence-corrected chi connectivity index (χ0v) is 28.4. The number of sulfonamides is 1. The monoisotopic (exact) mass is 721 g/mol. The van der Waals surface area contributed by atoms with Gasteiger partial charge in [-0.15, -0.1) is 0 Å². The molecule has 5 rings (SSSR count). The highest BCUT2D eigenvalue weighted by molar-refractivity contribution is 9.10. The quantitative estimate of drug-likeness (QED) is 0.170. The maximum Gasteiger partial charge on any atom is 0.264 e. The summed E-state index contributed by atoms with van der Waals surface area (Å²) < 4.78 is 49.2. The first kappa shape index (κ1) is 34.1. The number of hydrogen-bond donors (Lipinski definition) is 1. The Balaban J connectivity index is 1.55. The van der Waals surface area contributed by atoms with E-state index in [1.54, 1.807) is 0 Å². The van der Waals surface area contributed by atoms with Crippen molar-refractivity contribution in [3.8, 4) is 5.75 Å². The number of rotatable bonds is 13. The molecule has 11 heteroatoms. The summed E-state index contributed by atoms with van der Waals surface area (Å²) in [4.78, 5) is 30.0. The fourth-order valence-electron chi connectivity index (χ4n) is 5.72. The van der Waals surface area contributed by atoms with E-state index in [1.807, 2.05) is 54.6 Å². The third-order valence-corrected chi connectivity index (χ3v) is 10.6. The molecule has 0 heterocycles. The molecule has 2 amide bonds. The Morgan fingerprint density at radius 2 is 1.53 bits per heavy atom. The van der Waals surface area contributed by atoms with Gasteiger partial charge in [-0.2, -0.15) is 0 Å². The average molecular weight is 723 g/mol. The van der Waals surface area contributed by atoms with Crippen LogP contribution < -0.4 is 14.4 Å². The summed E-state index contributed by atoms with van der Waals surface area (Å²) in [7, 11) is -2.85. The van der Waals surface area contributed by atoms with Crippen LogP contribution in [0.4, 0.5) is 10.1 Å². The minimum Gasteiger partial charge on any atom is -0.497 e. The van der Waals surface area contributed by atoms with Crippen LogP contribution in [0.15, 0.2) is 112 Å². The molecule has 0 spiro atoms. The van der Waals surface area contributed by atoms with E-state index >= 15 is 0 Å². The Morgan fingerprint density at radius 1 is 0.894 bits per heavy atom. The molecule has 0 unspecified atom stereocenters. The molecule has 8 nitrogen and oxygen atoms in total. The van der Waals surface area contributed by atoms with Crippen LogP contribution in [-0.2, 0) is 32.6 Å². The van der Waals surface area contributed by atoms with E-state index in [4.69, 9.17) is 4.74 Å². The van der Waals surface area contributed by atoms with Gasteiger partial charge in [0.05, 0.1) is 17.7 Å². The fourth-order valence-corrected chi connectivity index (χ4v) is 7.40. The van der Waals surface area contributed by atoms with Crippen molar-refractivity contribution < 1.29 is 27.1 Å². The predicted molar refractivity (Wildman–Crippen MR) is 183 cm³/mol. The summed E-state index contributed by atoms with van der Waals surface area (Å²) in [5.41, 5.74) is 1.72. The number of nitrogens with one attached hydrogen (secondary N) is 1. The van der Waals surface area contributed by atoms with Gasteiger partial charge in [0.1, 0.15) is 24.2 Å². The molecule has 1 N–H and O–H groups in total. The molecule has 1 fully saturated rings. The highest BCUT2D eigenvalue weighted by atomic mass is 79.9. The summed E-state index contributed by atoms with van der Waals surface area (Å²) in [6.07, 6.45) is 3.99. The van der Waals surface area contributed by atoms with Gasteiger partial charge in [0.2, 0.25) is 11.8 Å². The number of benzene rings is 4. The van der Waals surface area contributed by atoms with Crippen LogP contribution in [0, 0.1) is 5.82 Å². The van der Waals surface area contributed by atoms with Crippen LogP contribution in [0.25, 0.3) is 0 Å².